The number of carbonyl (C=O) groups excluding carboxylic acids is 4. The van der Waals surface area contributed by atoms with Crippen molar-refractivity contribution in [1.29, 1.82) is 0 Å². The van der Waals surface area contributed by atoms with Crippen molar-refractivity contribution >= 4 is 33.8 Å². The lowest BCUT2D eigenvalue weighted by molar-refractivity contribution is -0.306. The smallest absolute Gasteiger partial charge is 0.401 e. The first kappa shape index (κ1) is 31.3. The van der Waals surface area contributed by atoms with Crippen LogP contribution in [0.15, 0.2) is 35.2 Å². The molecule has 3 atom stereocenters. The number of esters is 3. The zero-order chi connectivity index (χ0) is 29.9. The number of ether oxygens (including phenoxy) is 3. The highest BCUT2D eigenvalue weighted by molar-refractivity contribution is 7.92. The van der Waals surface area contributed by atoms with Gasteiger partial charge in [-0.25, -0.2) is 22.9 Å². The van der Waals surface area contributed by atoms with Crippen molar-refractivity contribution in [3.8, 4) is 0 Å². The summed E-state index contributed by atoms with van der Waals surface area (Å²) in [7, 11) is -4.79. The highest BCUT2D eigenvalue weighted by atomic mass is 32.2. The van der Waals surface area contributed by atoms with E-state index in [1.165, 1.54) is 43.0 Å². The standard InChI is InChI=1S/C26H37N3O10S/c1-6-27(7-2)14-15-28(8-3)24(33)29(18(4)5)26-23(40(35,36)19-12-10-9-11-13-19)37-20(30)16-25(34,22(32)39-26)17-21(31)38-26/h9-13,18,23,34H,6-8,14-17H2,1-5H3. The number of amides is 2. The minimum Gasteiger partial charge on any atom is -0.434 e. The van der Waals surface area contributed by atoms with Gasteiger partial charge in [-0.1, -0.05) is 32.0 Å². The molecule has 222 valence electrons. The Hall–Kier alpha value is -3.23. The van der Waals surface area contributed by atoms with Crippen LogP contribution in [0.4, 0.5) is 4.79 Å². The third-order valence-corrected chi connectivity index (χ3v) is 8.82. The van der Waals surface area contributed by atoms with E-state index in [0.29, 0.717) is 6.54 Å². The van der Waals surface area contributed by atoms with Crippen LogP contribution in [0.1, 0.15) is 47.5 Å². The van der Waals surface area contributed by atoms with E-state index >= 15 is 0 Å². The molecule has 3 unspecified atom stereocenters. The molecule has 3 rings (SSSR count). The molecule has 2 bridgehead atoms. The van der Waals surface area contributed by atoms with E-state index < -0.39 is 69.6 Å². The monoisotopic (exact) mass is 583 g/mol. The van der Waals surface area contributed by atoms with Gasteiger partial charge in [-0.3, -0.25) is 9.59 Å². The third-order valence-electron chi connectivity index (χ3n) is 6.93. The average Bonchev–Trinajstić information content (AvgIpc) is 2.95. The fraction of sp³-hybridized carbons (Fsp3) is 0.615. The van der Waals surface area contributed by atoms with Gasteiger partial charge in [-0.2, -0.15) is 0 Å². The molecule has 2 aliphatic rings. The summed E-state index contributed by atoms with van der Waals surface area (Å²) in [4.78, 5) is 57.3. The largest absolute Gasteiger partial charge is 0.434 e. The summed E-state index contributed by atoms with van der Waals surface area (Å²) in [6.07, 6.45) is -2.07. The number of benzene rings is 1. The molecule has 2 fully saturated rings. The Balaban J connectivity index is 2.26. The van der Waals surface area contributed by atoms with Crippen molar-refractivity contribution in [3.63, 3.8) is 0 Å². The van der Waals surface area contributed by atoms with Gasteiger partial charge in [0, 0.05) is 25.7 Å². The molecule has 13 nitrogen and oxygen atoms in total. The molecular weight excluding hydrogens is 546 g/mol. The SMILES string of the molecule is CCN(CC)CCN(CC)C(=O)N(C(C)C)C12OC(=O)CC(O)(CC(=O)OC1S(=O)(=O)c1ccccc1)C(=O)O2. The van der Waals surface area contributed by atoms with E-state index in [9.17, 15) is 32.7 Å². The Morgan fingerprint density at radius 3 is 2.12 bits per heavy atom. The van der Waals surface area contributed by atoms with Gasteiger partial charge < -0.3 is 29.1 Å². The average molecular weight is 584 g/mol. The summed E-state index contributed by atoms with van der Waals surface area (Å²) >= 11 is 0. The molecule has 0 radical (unpaired) electrons. The number of carbonyl (C=O) groups is 4. The second kappa shape index (κ2) is 12.1. The van der Waals surface area contributed by atoms with Crippen molar-refractivity contribution < 1.29 is 46.9 Å². The number of hydrogen-bond donors (Lipinski definition) is 1. The molecule has 1 aromatic carbocycles. The van der Waals surface area contributed by atoms with Crippen LogP contribution in [0, 0.1) is 0 Å². The molecule has 0 spiro atoms. The lowest BCUT2D eigenvalue weighted by Crippen LogP contribution is -2.70. The highest BCUT2D eigenvalue weighted by Gasteiger charge is 2.68. The maximum atomic E-state index is 14.1. The summed E-state index contributed by atoms with van der Waals surface area (Å²) in [6, 6.07) is 5.06. The Morgan fingerprint density at radius 2 is 1.57 bits per heavy atom. The zero-order valence-corrected chi connectivity index (χ0v) is 24.2. The maximum absolute atomic E-state index is 14.1. The fourth-order valence-corrected chi connectivity index (χ4v) is 6.35. The normalized spacial score (nSPS) is 25.0. The van der Waals surface area contributed by atoms with E-state index in [0.717, 1.165) is 18.0 Å². The van der Waals surface area contributed by atoms with Crippen LogP contribution in [0.5, 0.6) is 0 Å². The van der Waals surface area contributed by atoms with Gasteiger partial charge in [0.15, 0.2) is 5.60 Å². The molecule has 2 saturated heterocycles. The molecule has 0 saturated carbocycles. The van der Waals surface area contributed by atoms with Gasteiger partial charge in [0.05, 0.1) is 17.7 Å². The summed E-state index contributed by atoms with van der Waals surface area (Å²) in [5, 5.41) is 10.9. The first-order valence-electron chi connectivity index (χ1n) is 13.2. The molecule has 2 heterocycles. The Morgan fingerprint density at radius 1 is 0.975 bits per heavy atom. The minimum absolute atomic E-state index is 0.168. The molecule has 2 aliphatic heterocycles. The molecule has 1 N–H and O–H groups in total. The van der Waals surface area contributed by atoms with Crippen LogP contribution in [0.3, 0.4) is 0 Å². The Labute approximate surface area is 233 Å². The summed E-state index contributed by atoms with van der Waals surface area (Å²) in [5.74, 6) is -7.13. The third kappa shape index (κ3) is 5.93. The van der Waals surface area contributed by atoms with E-state index in [2.05, 4.69) is 4.90 Å². The molecule has 14 heteroatoms. The van der Waals surface area contributed by atoms with Gasteiger partial charge in [0.2, 0.25) is 9.84 Å². The van der Waals surface area contributed by atoms with Crippen LogP contribution in [-0.4, -0.2) is 108 Å². The van der Waals surface area contributed by atoms with Crippen molar-refractivity contribution in [2.75, 3.05) is 32.7 Å². The second-order valence-electron chi connectivity index (χ2n) is 9.91. The van der Waals surface area contributed by atoms with E-state index in [4.69, 9.17) is 14.2 Å². The molecule has 2 amide bonds. The van der Waals surface area contributed by atoms with Gasteiger partial charge in [0.25, 0.3) is 0 Å². The maximum Gasteiger partial charge on any atom is 0.401 e. The minimum atomic E-state index is -4.79. The summed E-state index contributed by atoms with van der Waals surface area (Å²) in [6.45, 7) is 10.9. The number of cyclic esters (lactones) is 1. The van der Waals surface area contributed by atoms with E-state index in [1.54, 1.807) is 13.0 Å². The van der Waals surface area contributed by atoms with Crippen molar-refractivity contribution in [2.45, 2.75) is 75.3 Å². The number of urea groups is 1. The van der Waals surface area contributed by atoms with Gasteiger partial charge in [0.1, 0.15) is 0 Å². The second-order valence-corrected chi connectivity index (χ2v) is 11.9. The lowest BCUT2D eigenvalue weighted by atomic mass is 9.96. The first-order valence-corrected chi connectivity index (χ1v) is 14.8. The summed E-state index contributed by atoms with van der Waals surface area (Å²) < 4.78 is 44.4. The molecular formula is C26H37N3O10S. The molecule has 1 aromatic rings. The molecule has 40 heavy (non-hydrogen) atoms. The number of nitrogens with zero attached hydrogens (tertiary/aromatic N) is 3. The van der Waals surface area contributed by atoms with E-state index in [-0.39, 0.29) is 18.0 Å². The van der Waals surface area contributed by atoms with Crippen LogP contribution in [0.2, 0.25) is 0 Å². The van der Waals surface area contributed by atoms with Crippen molar-refractivity contribution in [1.82, 2.24) is 14.7 Å². The van der Waals surface area contributed by atoms with Crippen LogP contribution < -0.4 is 0 Å². The van der Waals surface area contributed by atoms with Crippen molar-refractivity contribution in [2.24, 2.45) is 0 Å². The van der Waals surface area contributed by atoms with E-state index in [1.807, 2.05) is 13.8 Å². The van der Waals surface area contributed by atoms with Crippen molar-refractivity contribution in [3.05, 3.63) is 30.3 Å². The van der Waals surface area contributed by atoms with Gasteiger partial charge in [-0.15, -0.1) is 0 Å². The lowest BCUT2D eigenvalue weighted by Gasteiger charge is -2.47. The quantitative estimate of drug-likeness (QED) is 0.393. The number of likely N-dealkylation sites (N-methyl/N-ethyl adjacent to an activating group) is 2. The van der Waals surface area contributed by atoms with Gasteiger partial charge >= 0.3 is 35.3 Å². The number of fused-ring (bicyclic) bond motifs is 3. The van der Waals surface area contributed by atoms with Crippen LogP contribution >= 0.6 is 0 Å². The topological polar surface area (TPSA) is 160 Å². The van der Waals surface area contributed by atoms with Gasteiger partial charge in [-0.05, 0) is 46.0 Å². The fourth-order valence-electron chi connectivity index (χ4n) is 4.73. The summed E-state index contributed by atoms with van der Waals surface area (Å²) in [5.41, 5.74) is -5.19. The Bertz CT molecular complexity index is 1220. The predicted molar refractivity (Wildman–Crippen MR) is 140 cm³/mol. The Kier molecular flexibility index (Phi) is 9.47. The highest BCUT2D eigenvalue weighted by Crippen LogP contribution is 2.42. The zero-order valence-electron chi connectivity index (χ0n) is 23.4. The molecule has 0 aliphatic carbocycles. The number of sulfone groups is 1. The first-order chi connectivity index (χ1) is 18.8. The number of rotatable bonds is 10. The van der Waals surface area contributed by atoms with Crippen LogP contribution in [0.25, 0.3) is 0 Å². The van der Waals surface area contributed by atoms with Crippen LogP contribution in [-0.2, 0) is 38.4 Å². The predicted octanol–water partition coefficient (Wildman–Crippen LogP) is 1.10. The molecule has 0 aromatic heterocycles. The number of aliphatic hydroxyl groups is 1. The number of hydrogen-bond acceptors (Lipinski definition) is 11.